The largest absolute Gasteiger partial charge is 0.455 e. The lowest BCUT2D eigenvalue weighted by molar-refractivity contribution is 0.670. The molecule has 9 aromatic rings. The van der Waals surface area contributed by atoms with Crippen LogP contribution in [0.25, 0.3) is 89.5 Å². The number of rotatable bonds is 6. The summed E-state index contributed by atoms with van der Waals surface area (Å²) in [5, 5.41) is -0.357. The van der Waals surface area contributed by atoms with Crippen LogP contribution in [0.15, 0.2) is 180 Å². The molecule has 0 N–H and O–H groups in total. The van der Waals surface area contributed by atoms with Crippen LogP contribution in [0.5, 0.6) is 0 Å². The Balaban J connectivity index is 1.35. The van der Waals surface area contributed by atoms with Gasteiger partial charge in [0.15, 0.2) is 17.5 Å². The van der Waals surface area contributed by atoms with Crippen LogP contribution in [0.4, 0.5) is 0 Å². The summed E-state index contributed by atoms with van der Waals surface area (Å²) < 4.78 is 102. The minimum atomic E-state index is -0.682. The molecule has 0 saturated heterocycles. The van der Waals surface area contributed by atoms with E-state index in [1.165, 1.54) is 0 Å². The Morgan fingerprint density at radius 3 is 1.57 bits per heavy atom. The van der Waals surface area contributed by atoms with Gasteiger partial charge in [0, 0.05) is 27.5 Å². The van der Waals surface area contributed by atoms with Gasteiger partial charge in [0.1, 0.15) is 11.2 Å². The minimum absolute atomic E-state index is 0.108. The van der Waals surface area contributed by atoms with E-state index in [-0.39, 0.29) is 50.5 Å². The SMILES string of the molecule is [2H]c1c([2H])c([2H])c(-c2c([2H])c([2H])c([2H])c3c2oc2c(-c4nc(-c5ccc(-c6ccccc6)cc5)nc(-c5cccc(-c6ccccc6)c5)n4)c([2H])c([2H])c([2H])c23)c([2H])c1[2H]. The number of fused-ring (bicyclic) bond motifs is 3. The number of benzene rings is 7. The number of para-hydroxylation sites is 2. The summed E-state index contributed by atoms with van der Waals surface area (Å²) in [5.41, 5.74) is 3.52. The summed E-state index contributed by atoms with van der Waals surface area (Å²) in [6.45, 7) is 0. The average Bonchev–Trinajstić information content (AvgIpc) is 3.68. The summed E-state index contributed by atoms with van der Waals surface area (Å²) in [7, 11) is 0. The third kappa shape index (κ3) is 5.35. The summed E-state index contributed by atoms with van der Waals surface area (Å²) >= 11 is 0. The fraction of sp³-hybridized carbons (Fsp3) is 0. The van der Waals surface area contributed by atoms with Crippen molar-refractivity contribution in [2.45, 2.75) is 0 Å². The van der Waals surface area contributed by atoms with Crippen molar-refractivity contribution in [1.29, 1.82) is 0 Å². The Labute approximate surface area is 299 Å². The van der Waals surface area contributed by atoms with Crippen LogP contribution in [0.1, 0.15) is 15.1 Å². The van der Waals surface area contributed by atoms with Crippen molar-refractivity contribution in [1.82, 2.24) is 15.0 Å². The highest BCUT2D eigenvalue weighted by Crippen LogP contribution is 2.40. The van der Waals surface area contributed by atoms with E-state index in [0.29, 0.717) is 11.1 Å². The molecule has 0 bridgehead atoms. The van der Waals surface area contributed by atoms with Crippen molar-refractivity contribution in [2.75, 3.05) is 0 Å². The van der Waals surface area contributed by atoms with Gasteiger partial charge in [-0.1, -0.05) is 164 Å². The van der Waals surface area contributed by atoms with E-state index in [0.717, 1.165) is 22.3 Å². The fourth-order valence-electron chi connectivity index (χ4n) is 5.81. The van der Waals surface area contributed by atoms with Gasteiger partial charge >= 0.3 is 0 Å². The zero-order chi connectivity index (χ0) is 42.1. The third-order valence-corrected chi connectivity index (χ3v) is 8.20. The number of aromatic nitrogens is 3. The summed E-state index contributed by atoms with van der Waals surface area (Å²) in [5.74, 6) is 0.323. The lowest BCUT2D eigenvalue weighted by Gasteiger charge is -2.10. The lowest BCUT2D eigenvalue weighted by atomic mass is 10.0. The molecule has 0 atom stereocenters. The van der Waals surface area contributed by atoms with Gasteiger partial charge in [-0.3, -0.25) is 0 Å². The number of hydrogen-bond acceptors (Lipinski definition) is 4. The van der Waals surface area contributed by atoms with Crippen LogP contribution in [-0.2, 0) is 0 Å². The zero-order valence-electron chi connectivity index (χ0n) is 36.6. The maximum absolute atomic E-state index is 9.23. The zero-order valence-corrected chi connectivity index (χ0v) is 25.6. The maximum atomic E-state index is 9.23. The fourth-order valence-corrected chi connectivity index (χ4v) is 5.81. The van der Waals surface area contributed by atoms with Crippen molar-refractivity contribution in [3.63, 3.8) is 0 Å². The van der Waals surface area contributed by atoms with E-state index in [4.69, 9.17) is 33.1 Å². The quantitative estimate of drug-likeness (QED) is 0.182. The molecular formula is C45H29N3O. The molecule has 0 unspecified atom stereocenters. The molecule has 9 rings (SSSR count). The average molecular weight is 639 g/mol. The van der Waals surface area contributed by atoms with Crippen molar-refractivity contribution in [3.8, 4) is 67.5 Å². The molecule has 0 radical (unpaired) electrons. The van der Waals surface area contributed by atoms with Gasteiger partial charge in [0.2, 0.25) is 0 Å². The maximum Gasteiger partial charge on any atom is 0.167 e. The molecule has 0 aliphatic heterocycles. The van der Waals surface area contributed by atoms with Crippen LogP contribution < -0.4 is 0 Å². The predicted molar refractivity (Wildman–Crippen MR) is 200 cm³/mol. The molecule has 0 saturated carbocycles. The number of nitrogens with zero attached hydrogens (tertiary/aromatic N) is 3. The molecule has 7 aromatic carbocycles. The second-order valence-electron chi connectivity index (χ2n) is 11.2. The Morgan fingerprint density at radius 1 is 0.367 bits per heavy atom. The Kier molecular flexibility index (Phi) is 4.78. The first kappa shape index (κ1) is 19.2. The summed E-state index contributed by atoms with van der Waals surface area (Å²) in [6, 6.07) is 28.0. The van der Waals surface area contributed by atoms with E-state index in [2.05, 4.69) is 0 Å². The highest BCUT2D eigenvalue weighted by atomic mass is 16.3. The molecule has 2 aromatic heterocycles. The second-order valence-corrected chi connectivity index (χ2v) is 11.2. The lowest BCUT2D eigenvalue weighted by Crippen LogP contribution is -2.00. The van der Waals surface area contributed by atoms with Gasteiger partial charge in [-0.2, -0.15) is 0 Å². The van der Waals surface area contributed by atoms with E-state index < -0.39 is 72.0 Å². The highest BCUT2D eigenvalue weighted by molar-refractivity contribution is 6.12. The normalized spacial score (nSPS) is 14.4. The Hall–Kier alpha value is -6.65. The van der Waals surface area contributed by atoms with Crippen LogP contribution in [-0.4, -0.2) is 15.0 Å². The van der Waals surface area contributed by atoms with Gasteiger partial charge in [-0.15, -0.1) is 0 Å². The van der Waals surface area contributed by atoms with Gasteiger partial charge in [0.05, 0.1) is 20.6 Å². The monoisotopic (exact) mass is 638 g/mol. The van der Waals surface area contributed by atoms with Crippen molar-refractivity contribution >= 4 is 21.9 Å². The number of furan rings is 1. The van der Waals surface area contributed by atoms with Gasteiger partial charge in [0.25, 0.3) is 0 Å². The standard InChI is InChI=1S/C45H29N3O/c1-4-13-30(14-5-1)32-25-27-34(28-26-32)43-46-44(36-20-10-19-35(29-36)31-15-6-2-7-16-31)48-45(47-43)40-24-12-23-39-38-22-11-21-37(41(38)49-42(39)40)33-17-8-3-9-18-33/h1-29H/i3D,8D,9D,11D,12D,17D,18D,21D,22D,23D,24D. The van der Waals surface area contributed by atoms with Gasteiger partial charge < -0.3 is 4.42 Å². The number of hydrogen-bond donors (Lipinski definition) is 0. The minimum Gasteiger partial charge on any atom is -0.455 e. The molecule has 4 heteroatoms. The topological polar surface area (TPSA) is 51.8 Å². The van der Waals surface area contributed by atoms with Crippen LogP contribution in [0.2, 0.25) is 0 Å². The third-order valence-electron chi connectivity index (χ3n) is 8.20. The van der Waals surface area contributed by atoms with Gasteiger partial charge in [-0.05, 0) is 39.9 Å². The molecule has 230 valence electrons. The van der Waals surface area contributed by atoms with Crippen LogP contribution in [0.3, 0.4) is 0 Å². The molecular weight excluding hydrogens is 599 g/mol. The summed E-state index contributed by atoms with van der Waals surface area (Å²) in [4.78, 5) is 14.6. The first-order valence-corrected chi connectivity index (χ1v) is 15.5. The predicted octanol–water partition coefficient (Wildman–Crippen LogP) is 11.8. The van der Waals surface area contributed by atoms with Gasteiger partial charge in [-0.25, -0.2) is 15.0 Å². The highest BCUT2D eigenvalue weighted by Gasteiger charge is 2.19. The van der Waals surface area contributed by atoms with E-state index in [1.807, 2.05) is 109 Å². The first-order chi connectivity index (χ1) is 28.8. The van der Waals surface area contributed by atoms with E-state index >= 15 is 0 Å². The summed E-state index contributed by atoms with van der Waals surface area (Å²) in [6.07, 6.45) is 0. The smallest absolute Gasteiger partial charge is 0.167 e. The van der Waals surface area contributed by atoms with Crippen LogP contribution in [0, 0.1) is 0 Å². The van der Waals surface area contributed by atoms with Crippen LogP contribution >= 0.6 is 0 Å². The second kappa shape index (κ2) is 12.2. The van der Waals surface area contributed by atoms with E-state index in [1.54, 1.807) is 0 Å². The molecule has 0 aliphatic carbocycles. The molecule has 2 heterocycles. The molecule has 0 spiro atoms. The molecule has 0 fully saturated rings. The molecule has 0 amide bonds. The first-order valence-electron chi connectivity index (χ1n) is 21.0. The van der Waals surface area contributed by atoms with Crippen molar-refractivity contribution in [2.24, 2.45) is 0 Å². The van der Waals surface area contributed by atoms with Crippen molar-refractivity contribution in [3.05, 3.63) is 176 Å². The molecule has 49 heavy (non-hydrogen) atoms. The Bertz CT molecular complexity index is 3180. The molecule has 0 aliphatic rings. The molecule has 4 nitrogen and oxygen atoms in total. The Morgan fingerprint density at radius 2 is 0.878 bits per heavy atom. The van der Waals surface area contributed by atoms with Crippen molar-refractivity contribution < 1.29 is 19.5 Å². The van der Waals surface area contributed by atoms with E-state index in [9.17, 15) is 1.37 Å².